The summed E-state index contributed by atoms with van der Waals surface area (Å²) < 4.78 is 12.0. The molecule has 0 amide bonds. The molecule has 0 bridgehead atoms. The summed E-state index contributed by atoms with van der Waals surface area (Å²) in [5.41, 5.74) is 3.99. The molecule has 1 unspecified atom stereocenters. The van der Waals surface area contributed by atoms with Crippen LogP contribution in [-0.4, -0.2) is 20.0 Å². The van der Waals surface area contributed by atoms with Crippen molar-refractivity contribution in [3.05, 3.63) is 49.8 Å². The van der Waals surface area contributed by atoms with Crippen molar-refractivity contribution in [1.82, 2.24) is 0 Å². The van der Waals surface area contributed by atoms with E-state index >= 15 is 0 Å². The van der Waals surface area contributed by atoms with Gasteiger partial charge in [-0.3, -0.25) is 4.79 Å². The molecular weight excluding hydrogens is 402 g/mol. The highest BCUT2D eigenvalue weighted by Gasteiger charge is 2.36. The molecule has 0 fully saturated rings. The van der Waals surface area contributed by atoms with E-state index in [0.717, 1.165) is 44.0 Å². The molecule has 25 heavy (non-hydrogen) atoms. The van der Waals surface area contributed by atoms with Gasteiger partial charge >= 0.3 is 0 Å². The van der Waals surface area contributed by atoms with Crippen molar-refractivity contribution in [1.29, 1.82) is 0 Å². The number of Topliss-reactive ketones (excluding diaryl/α,β-unsaturated/α-hetero) is 1. The van der Waals surface area contributed by atoms with Crippen LogP contribution in [0, 0.1) is 0 Å². The Morgan fingerprint density at radius 3 is 2.60 bits per heavy atom. The summed E-state index contributed by atoms with van der Waals surface area (Å²) in [4.78, 5) is 13.9. The smallest absolute Gasteiger partial charge is 0.162 e. The van der Waals surface area contributed by atoms with Crippen molar-refractivity contribution in [2.75, 3.05) is 19.5 Å². The molecule has 1 aromatic carbocycles. The Labute approximate surface area is 159 Å². The molecule has 1 aliphatic heterocycles. The Bertz CT molecular complexity index is 887. The first-order valence-corrected chi connectivity index (χ1v) is 9.77. The summed E-state index contributed by atoms with van der Waals surface area (Å²) in [6.45, 7) is 0. The molecule has 130 valence electrons. The molecule has 0 spiro atoms. The number of fused-ring (bicyclic) bond motifs is 1. The predicted octanol–water partition coefficient (Wildman–Crippen LogP) is 5.09. The third kappa shape index (κ3) is 2.77. The second kappa shape index (κ2) is 6.50. The summed E-state index contributed by atoms with van der Waals surface area (Å²) in [5.74, 6) is 1.54. The molecule has 0 saturated carbocycles. The Hall–Kier alpha value is -1.79. The van der Waals surface area contributed by atoms with Gasteiger partial charge in [0, 0.05) is 34.3 Å². The van der Waals surface area contributed by atoms with Gasteiger partial charge < -0.3 is 14.8 Å². The molecule has 4 rings (SSSR count). The highest BCUT2D eigenvalue weighted by atomic mass is 79.9. The number of nitrogens with one attached hydrogen (secondary N) is 1. The van der Waals surface area contributed by atoms with Crippen LogP contribution in [0.1, 0.15) is 35.6 Å². The zero-order valence-corrected chi connectivity index (χ0v) is 16.4. The SMILES string of the molecule is COc1cc2c(cc1OC)C(c1ccc(Br)s1)C1=C(CCCC1=O)N2. The number of anilines is 1. The van der Waals surface area contributed by atoms with Crippen molar-refractivity contribution >= 4 is 38.7 Å². The number of benzene rings is 1. The quantitative estimate of drug-likeness (QED) is 0.751. The number of ether oxygens (including phenoxy) is 2. The van der Waals surface area contributed by atoms with Gasteiger partial charge in [-0.25, -0.2) is 0 Å². The maximum Gasteiger partial charge on any atom is 0.162 e. The number of hydrogen-bond acceptors (Lipinski definition) is 5. The zero-order chi connectivity index (χ0) is 17.6. The average molecular weight is 420 g/mol. The molecule has 2 heterocycles. The van der Waals surface area contributed by atoms with Crippen LogP contribution >= 0.6 is 27.3 Å². The van der Waals surface area contributed by atoms with Gasteiger partial charge in [0.2, 0.25) is 0 Å². The average Bonchev–Trinajstić information content (AvgIpc) is 3.05. The van der Waals surface area contributed by atoms with Gasteiger partial charge in [-0.2, -0.15) is 0 Å². The second-order valence-electron chi connectivity index (χ2n) is 6.16. The first kappa shape index (κ1) is 16.7. The lowest BCUT2D eigenvalue weighted by molar-refractivity contribution is -0.116. The van der Waals surface area contributed by atoms with Crippen LogP contribution in [-0.2, 0) is 4.79 Å². The third-order valence-corrected chi connectivity index (χ3v) is 6.46. The van der Waals surface area contributed by atoms with E-state index in [4.69, 9.17) is 9.47 Å². The topological polar surface area (TPSA) is 47.6 Å². The van der Waals surface area contributed by atoms with Crippen LogP contribution < -0.4 is 14.8 Å². The van der Waals surface area contributed by atoms with Crippen molar-refractivity contribution in [3.8, 4) is 11.5 Å². The Balaban J connectivity index is 1.95. The number of halogens is 1. The minimum Gasteiger partial charge on any atom is -0.493 e. The van der Waals surface area contributed by atoms with E-state index in [1.165, 1.54) is 0 Å². The molecule has 6 heteroatoms. The number of ketones is 1. The number of hydrogen-bond donors (Lipinski definition) is 1. The molecule has 2 aromatic rings. The molecule has 1 aromatic heterocycles. The van der Waals surface area contributed by atoms with Crippen molar-refractivity contribution in [3.63, 3.8) is 0 Å². The van der Waals surface area contributed by atoms with E-state index in [-0.39, 0.29) is 11.7 Å². The molecular formula is C19H18BrNO3S. The molecule has 0 radical (unpaired) electrons. The summed E-state index contributed by atoms with van der Waals surface area (Å²) in [6.07, 6.45) is 2.41. The first-order chi connectivity index (χ1) is 12.1. The van der Waals surface area contributed by atoms with Gasteiger partial charge in [0.15, 0.2) is 17.3 Å². The largest absolute Gasteiger partial charge is 0.493 e. The van der Waals surface area contributed by atoms with Crippen molar-refractivity contribution in [2.45, 2.75) is 25.2 Å². The predicted molar refractivity (Wildman–Crippen MR) is 103 cm³/mol. The van der Waals surface area contributed by atoms with Gasteiger partial charge in [0.25, 0.3) is 0 Å². The molecule has 2 aliphatic rings. The Kier molecular flexibility index (Phi) is 4.33. The fourth-order valence-electron chi connectivity index (χ4n) is 3.67. The number of methoxy groups -OCH3 is 2. The van der Waals surface area contributed by atoms with Crippen LogP contribution in [0.5, 0.6) is 11.5 Å². The van der Waals surface area contributed by atoms with E-state index in [2.05, 4.69) is 27.3 Å². The molecule has 1 N–H and O–H groups in total. The molecule has 1 aliphatic carbocycles. The second-order valence-corrected chi connectivity index (χ2v) is 8.66. The molecule has 4 nitrogen and oxygen atoms in total. The normalized spacial score (nSPS) is 19.2. The maximum atomic E-state index is 12.7. The fraction of sp³-hybridized carbons (Fsp3) is 0.316. The highest BCUT2D eigenvalue weighted by molar-refractivity contribution is 9.11. The monoisotopic (exact) mass is 419 g/mol. The summed E-state index contributed by atoms with van der Waals surface area (Å²) in [5, 5.41) is 3.48. The number of thiophene rings is 1. The number of carbonyl (C=O) groups is 1. The molecule has 0 saturated heterocycles. The Morgan fingerprint density at radius 1 is 1.16 bits per heavy atom. The minimum absolute atomic E-state index is 0.0600. The number of rotatable bonds is 3. The van der Waals surface area contributed by atoms with E-state index in [1.54, 1.807) is 25.6 Å². The standard InChI is InChI=1S/C19H18BrNO3S/c1-23-14-8-10-12(9-15(14)24-2)21-11-4-3-5-13(22)19(11)18(10)16-6-7-17(20)25-16/h6-9,18,21H,3-5H2,1-2H3. The zero-order valence-electron chi connectivity index (χ0n) is 14.0. The van der Waals surface area contributed by atoms with Gasteiger partial charge in [-0.15, -0.1) is 11.3 Å². The van der Waals surface area contributed by atoms with Gasteiger partial charge in [-0.1, -0.05) is 0 Å². The van der Waals surface area contributed by atoms with Gasteiger partial charge in [-0.05, 0) is 52.5 Å². The van der Waals surface area contributed by atoms with Crippen LogP contribution in [0.15, 0.2) is 39.3 Å². The highest BCUT2D eigenvalue weighted by Crippen LogP contribution is 2.50. The summed E-state index contributed by atoms with van der Waals surface area (Å²) >= 11 is 5.22. The van der Waals surface area contributed by atoms with Crippen molar-refractivity contribution < 1.29 is 14.3 Å². The van der Waals surface area contributed by atoms with Crippen molar-refractivity contribution in [2.24, 2.45) is 0 Å². The van der Waals surface area contributed by atoms with Crippen LogP contribution in [0.4, 0.5) is 5.69 Å². The minimum atomic E-state index is -0.0600. The van der Waals surface area contributed by atoms with Crippen LogP contribution in [0.3, 0.4) is 0 Å². The lowest BCUT2D eigenvalue weighted by Crippen LogP contribution is -2.26. The Morgan fingerprint density at radius 2 is 1.92 bits per heavy atom. The third-order valence-electron chi connectivity index (χ3n) is 4.78. The van der Waals surface area contributed by atoms with E-state index in [9.17, 15) is 4.79 Å². The van der Waals surface area contributed by atoms with Crippen LogP contribution in [0.25, 0.3) is 0 Å². The van der Waals surface area contributed by atoms with Crippen LogP contribution in [0.2, 0.25) is 0 Å². The molecule has 1 atom stereocenters. The fourth-order valence-corrected chi connectivity index (χ4v) is 5.22. The van der Waals surface area contributed by atoms with Gasteiger partial charge in [0.1, 0.15) is 0 Å². The number of allylic oxidation sites excluding steroid dienone is 2. The summed E-state index contributed by atoms with van der Waals surface area (Å²) in [7, 11) is 3.27. The van der Waals surface area contributed by atoms with E-state index in [0.29, 0.717) is 17.9 Å². The lowest BCUT2D eigenvalue weighted by Gasteiger charge is -2.33. The number of carbonyl (C=O) groups excluding carboxylic acids is 1. The van der Waals surface area contributed by atoms with E-state index < -0.39 is 0 Å². The van der Waals surface area contributed by atoms with Gasteiger partial charge in [0.05, 0.1) is 23.9 Å². The van der Waals surface area contributed by atoms with E-state index in [1.807, 2.05) is 18.2 Å². The lowest BCUT2D eigenvalue weighted by atomic mass is 9.78. The maximum absolute atomic E-state index is 12.7. The first-order valence-electron chi connectivity index (χ1n) is 8.16. The summed E-state index contributed by atoms with van der Waals surface area (Å²) in [6, 6.07) is 8.09.